The Hall–Kier alpha value is 0.320. The number of hydrogen-bond acceptors (Lipinski definition) is 3. The summed E-state index contributed by atoms with van der Waals surface area (Å²) in [6.07, 6.45) is 7.05. The van der Waals surface area contributed by atoms with Gasteiger partial charge in [-0.25, -0.2) is 0 Å². The number of unbranched alkanes of at least 4 members (excludes halogenated alkanes) is 2. The van der Waals surface area contributed by atoms with Gasteiger partial charge in [-0.1, -0.05) is 33.1 Å². The minimum Gasteiger partial charge on any atom is -0.327 e. The SMILES string of the molecule is CCCCCC(CC(C=O)OI)C(N)CC. The van der Waals surface area contributed by atoms with E-state index in [1.807, 2.05) is 0 Å². The van der Waals surface area contributed by atoms with Crippen molar-refractivity contribution in [3.05, 3.63) is 0 Å². The van der Waals surface area contributed by atoms with Gasteiger partial charge in [0.05, 0.1) is 0 Å². The van der Waals surface area contributed by atoms with E-state index in [0.717, 1.165) is 25.5 Å². The summed E-state index contributed by atoms with van der Waals surface area (Å²) in [5.41, 5.74) is 6.08. The third kappa shape index (κ3) is 6.81. The van der Waals surface area contributed by atoms with Crippen molar-refractivity contribution in [1.29, 1.82) is 0 Å². The molecule has 0 aromatic heterocycles. The number of aldehydes is 1. The molecule has 0 saturated carbocycles. The van der Waals surface area contributed by atoms with Crippen LogP contribution in [0.4, 0.5) is 0 Å². The van der Waals surface area contributed by atoms with E-state index in [0.29, 0.717) is 5.92 Å². The van der Waals surface area contributed by atoms with Crippen LogP contribution in [0.25, 0.3) is 0 Å². The lowest BCUT2D eigenvalue weighted by molar-refractivity contribution is -0.113. The average Bonchev–Trinajstić information content (AvgIpc) is 2.32. The van der Waals surface area contributed by atoms with E-state index in [1.54, 1.807) is 23.0 Å². The van der Waals surface area contributed by atoms with Gasteiger partial charge in [-0.2, -0.15) is 0 Å². The fourth-order valence-corrected chi connectivity index (χ4v) is 2.24. The molecule has 0 bridgehead atoms. The smallest absolute Gasteiger partial charge is 0.149 e. The lowest BCUT2D eigenvalue weighted by Gasteiger charge is -2.24. The summed E-state index contributed by atoms with van der Waals surface area (Å²) >= 11 is 1.79. The van der Waals surface area contributed by atoms with Gasteiger partial charge in [-0.05, 0) is 25.2 Å². The zero-order valence-electron chi connectivity index (χ0n) is 10.3. The Morgan fingerprint density at radius 3 is 2.50 bits per heavy atom. The number of carbonyl (C=O) groups excluding carboxylic acids is 1. The summed E-state index contributed by atoms with van der Waals surface area (Å²) in [6, 6.07) is 0.186. The number of carbonyl (C=O) groups is 1. The minimum absolute atomic E-state index is 0.186. The molecule has 0 aliphatic heterocycles. The van der Waals surface area contributed by atoms with Crippen molar-refractivity contribution in [2.45, 2.75) is 64.5 Å². The van der Waals surface area contributed by atoms with Gasteiger partial charge in [0.1, 0.15) is 35.4 Å². The molecular weight excluding hydrogens is 317 g/mol. The van der Waals surface area contributed by atoms with E-state index >= 15 is 0 Å². The fraction of sp³-hybridized carbons (Fsp3) is 0.917. The van der Waals surface area contributed by atoms with Gasteiger partial charge in [0, 0.05) is 6.04 Å². The molecule has 2 N–H and O–H groups in total. The lowest BCUT2D eigenvalue weighted by atomic mass is 9.88. The third-order valence-corrected chi connectivity index (χ3v) is 3.71. The second-order valence-corrected chi connectivity index (χ2v) is 4.84. The van der Waals surface area contributed by atoms with Gasteiger partial charge < -0.3 is 13.6 Å². The Balaban J connectivity index is 4.13. The van der Waals surface area contributed by atoms with E-state index in [9.17, 15) is 4.79 Å². The van der Waals surface area contributed by atoms with Gasteiger partial charge in [0.25, 0.3) is 0 Å². The van der Waals surface area contributed by atoms with Gasteiger partial charge >= 0.3 is 0 Å². The molecular formula is C12H24INO2. The lowest BCUT2D eigenvalue weighted by Crippen LogP contribution is -2.32. The van der Waals surface area contributed by atoms with Crippen LogP contribution in [0.5, 0.6) is 0 Å². The standard InChI is InChI=1S/C12H24INO2/c1-3-5-6-7-10(12(14)4-2)8-11(9-15)16-13/h9-12H,3-8,14H2,1-2H3. The summed E-state index contributed by atoms with van der Waals surface area (Å²) in [5.74, 6) is 0.404. The van der Waals surface area contributed by atoms with Gasteiger partial charge in [0.15, 0.2) is 0 Å². The van der Waals surface area contributed by atoms with Crippen molar-refractivity contribution in [2.24, 2.45) is 11.7 Å². The Morgan fingerprint density at radius 1 is 1.38 bits per heavy atom. The monoisotopic (exact) mass is 341 g/mol. The van der Waals surface area contributed by atoms with Crippen LogP contribution in [0, 0.1) is 5.92 Å². The van der Waals surface area contributed by atoms with Crippen LogP contribution < -0.4 is 5.73 Å². The molecule has 0 heterocycles. The molecule has 3 atom stereocenters. The zero-order valence-corrected chi connectivity index (χ0v) is 12.5. The average molecular weight is 341 g/mol. The Morgan fingerprint density at radius 2 is 2.06 bits per heavy atom. The number of rotatable bonds is 10. The molecule has 0 aliphatic rings. The molecule has 16 heavy (non-hydrogen) atoms. The van der Waals surface area contributed by atoms with Gasteiger partial charge in [0.2, 0.25) is 0 Å². The molecule has 0 amide bonds. The van der Waals surface area contributed by atoms with Crippen molar-refractivity contribution in [3.63, 3.8) is 0 Å². The second kappa shape index (κ2) is 10.5. The van der Waals surface area contributed by atoms with Crippen molar-refractivity contribution < 1.29 is 7.86 Å². The molecule has 4 heteroatoms. The first-order valence-electron chi connectivity index (χ1n) is 6.17. The van der Waals surface area contributed by atoms with Crippen molar-refractivity contribution in [3.8, 4) is 0 Å². The van der Waals surface area contributed by atoms with E-state index in [2.05, 4.69) is 13.8 Å². The molecule has 0 spiro atoms. The topological polar surface area (TPSA) is 52.3 Å². The van der Waals surface area contributed by atoms with E-state index in [4.69, 9.17) is 8.80 Å². The van der Waals surface area contributed by atoms with Gasteiger partial charge in [-0.3, -0.25) is 0 Å². The van der Waals surface area contributed by atoms with Crippen LogP contribution in [0.15, 0.2) is 0 Å². The van der Waals surface area contributed by atoms with Crippen LogP contribution in [-0.2, 0) is 7.86 Å². The van der Waals surface area contributed by atoms with Crippen LogP contribution in [0.2, 0.25) is 0 Å². The van der Waals surface area contributed by atoms with Crippen LogP contribution >= 0.6 is 23.0 Å². The summed E-state index contributed by atoms with van der Waals surface area (Å²) in [4.78, 5) is 10.7. The summed E-state index contributed by atoms with van der Waals surface area (Å²) in [6.45, 7) is 4.29. The van der Waals surface area contributed by atoms with Crippen LogP contribution in [0.1, 0.15) is 52.4 Å². The Kier molecular flexibility index (Phi) is 10.7. The molecule has 3 nitrogen and oxygen atoms in total. The first kappa shape index (κ1) is 16.3. The maximum Gasteiger partial charge on any atom is 0.149 e. The molecule has 96 valence electrons. The third-order valence-electron chi connectivity index (χ3n) is 3.06. The maximum atomic E-state index is 10.7. The summed E-state index contributed by atoms with van der Waals surface area (Å²) < 4.78 is 5.08. The second-order valence-electron chi connectivity index (χ2n) is 4.33. The van der Waals surface area contributed by atoms with Crippen molar-refractivity contribution >= 4 is 29.3 Å². The quantitative estimate of drug-likeness (QED) is 0.377. The normalized spacial score (nSPS) is 16.8. The first-order chi connectivity index (χ1) is 7.69. The maximum absolute atomic E-state index is 10.7. The molecule has 0 aromatic rings. The van der Waals surface area contributed by atoms with Crippen LogP contribution in [-0.4, -0.2) is 18.4 Å². The summed E-state index contributed by atoms with van der Waals surface area (Å²) in [7, 11) is 0. The molecule has 3 unspecified atom stereocenters. The highest BCUT2D eigenvalue weighted by atomic mass is 127. The highest BCUT2D eigenvalue weighted by Crippen LogP contribution is 2.21. The molecule has 0 aliphatic carbocycles. The predicted octanol–water partition coefficient (Wildman–Crippen LogP) is 3.24. The molecule has 0 rings (SSSR count). The fourth-order valence-electron chi connectivity index (χ4n) is 1.91. The number of hydrogen-bond donors (Lipinski definition) is 1. The minimum atomic E-state index is -0.301. The van der Waals surface area contributed by atoms with E-state index in [-0.39, 0.29) is 12.1 Å². The number of nitrogens with two attached hydrogens (primary N) is 1. The van der Waals surface area contributed by atoms with Gasteiger partial charge in [-0.15, -0.1) is 0 Å². The van der Waals surface area contributed by atoms with Crippen molar-refractivity contribution in [1.82, 2.24) is 0 Å². The molecule has 0 radical (unpaired) electrons. The summed E-state index contributed by atoms with van der Waals surface area (Å²) in [5, 5.41) is 0. The number of halogens is 1. The Bertz CT molecular complexity index is 178. The molecule has 0 aromatic carbocycles. The van der Waals surface area contributed by atoms with E-state index in [1.165, 1.54) is 19.3 Å². The highest BCUT2D eigenvalue weighted by molar-refractivity contribution is 14.1. The molecule has 0 saturated heterocycles. The highest BCUT2D eigenvalue weighted by Gasteiger charge is 2.20. The molecule has 0 fully saturated rings. The first-order valence-corrected chi connectivity index (χ1v) is 7.05. The zero-order chi connectivity index (χ0) is 12.4. The van der Waals surface area contributed by atoms with Crippen molar-refractivity contribution in [2.75, 3.05) is 0 Å². The van der Waals surface area contributed by atoms with E-state index < -0.39 is 0 Å². The van der Waals surface area contributed by atoms with Crippen LogP contribution in [0.3, 0.4) is 0 Å². The Labute approximate surface area is 113 Å². The predicted molar refractivity (Wildman–Crippen MR) is 75.5 cm³/mol. The largest absolute Gasteiger partial charge is 0.327 e.